The summed E-state index contributed by atoms with van der Waals surface area (Å²) in [6.07, 6.45) is 0. The second-order valence-electron chi connectivity index (χ2n) is 29.2. The van der Waals surface area contributed by atoms with Gasteiger partial charge < -0.3 is 28.3 Å². The fourth-order valence-corrected chi connectivity index (χ4v) is 17.0. The Balaban J connectivity index is 0.725. The van der Waals surface area contributed by atoms with E-state index in [0.29, 0.717) is 0 Å². The molecule has 6 heteroatoms. The van der Waals surface area contributed by atoms with Gasteiger partial charge in [0.05, 0.1) is 32.8 Å². The SMILES string of the molecule is c1ccc(-c2ccc(N(c3ccc(-c4ccccc4)cc3)c3ccc(-n4c5ccccc5c5c6oc7c(ccc8c7c7cc(N(c9ccc(-c%10ccccc%10)cc9)c9ccc(-c%10ccccc%10)cc9)ccc7n8-c7ccc(N(c8ccc(-c9ccccc9)cc8)c8ccc(-c9ccccc9)cc8)cc7)c6ccc54)cc3)cc2)cc1. The van der Waals surface area contributed by atoms with Crippen molar-refractivity contribution in [3.05, 3.63) is 443 Å². The number of rotatable bonds is 17. The second kappa shape index (κ2) is 28.6. The van der Waals surface area contributed by atoms with Gasteiger partial charge in [-0.3, -0.25) is 0 Å². The molecule has 0 saturated carbocycles. The fourth-order valence-electron chi connectivity index (χ4n) is 17.0. The van der Waals surface area contributed by atoms with Crippen LogP contribution in [0.1, 0.15) is 0 Å². The topological polar surface area (TPSA) is 32.7 Å². The molecule has 0 aliphatic carbocycles. The van der Waals surface area contributed by atoms with Gasteiger partial charge in [0.2, 0.25) is 0 Å². The zero-order chi connectivity index (χ0) is 75.4. The first kappa shape index (κ1) is 66.9. The van der Waals surface area contributed by atoms with Crippen molar-refractivity contribution in [2.75, 3.05) is 14.7 Å². The third-order valence-electron chi connectivity index (χ3n) is 22.5. The number of fused-ring (bicyclic) bond motifs is 11. The summed E-state index contributed by atoms with van der Waals surface area (Å²) < 4.78 is 12.6. The van der Waals surface area contributed by atoms with Crippen molar-refractivity contribution in [2.24, 2.45) is 0 Å². The minimum absolute atomic E-state index is 0.831. The predicted octanol–water partition coefficient (Wildman–Crippen LogP) is 30.2. The molecule has 536 valence electrons. The van der Waals surface area contributed by atoms with Crippen LogP contribution in [0.3, 0.4) is 0 Å². The lowest BCUT2D eigenvalue weighted by Gasteiger charge is -2.26. The van der Waals surface area contributed by atoms with Crippen LogP contribution in [-0.4, -0.2) is 9.13 Å². The van der Waals surface area contributed by atoms with Crippen molar-refractivity contribution in [1.82, 2.24) is 9.13 Å². The molecule has 0 radical (unpaired) electrons. The van der Waals surface area contributed by atoms with Crippen LogP contribution < -0.4 is 14.7 Å². The van der Waals surface area contributed by atoms with E-state index in [9.17, 15) is 0 Å². The summed E-state index contributed by atoms with van der Waals surface area (Å²) in [7, 11) is 0. The smallest absolute Gasteiger partial charge is 0.145 e. The van der Waals surface area contributed by atoms with Crippen molar-refractivity contribution in [2.45, 2.75) is 0 Å². The maximum atomic E-state index is 7.76. The first-order valence-corrected chi connectivity index (χ1v) is 38.9. The van der Waals surface area contributed by atoms with Crippen molar-refractivity contribution in [3.63, 3.8) is 0 Å². The largest absolute Gasteiger partial charge is 0.455 e. The van der Waals surface area contributed by atoms with Crippen LogP contribution in [0, 0.1) is 0 Å². The van der Waals surface area contributed by atoms with E-state index in [2.05, 4.69) is 467 Å². The highest BCUT2D eigenvalue weighted by Crippen LogP contribution is 2.49. The highest BCUT2D eigenvalue weighted by atomic mass is 16.3. The zero-order valence-corrected chi connectivity index (χ0v) is 62.3. The van der Waals surface area contributed by atoms with Crippen molar-refractivity contribution in [3.8, 4) is 78.1 Å². The molecule has 0 aliphatic heterocycles. The number of aromatic nitrogens is 2. The third kappa shape index (κ3) is 12.1. The number of hydrogen-bond donors (Lipinski definition) is 0. The van der Waals surface area contributed by atoms with Crippen LogP contribution in [0.5, 0.6) is 0 Å². The van der Waals surface area contributed by atoms with E-state index in [0.717, 1.165) is 150 Å². The van der Waals surface area contributed by atoms with Gasteiger partial charge in [0, 0.05) is 84.1 Å². The van der Waals surface area contributed by atoms with Crippen LogP contribution in [-0.2, 0) is 0 Å². The summed E-state index contributed by atoms with van der Waals surface area (Å²) in [4.78, 5) is 7.10. The Bertz CT molecular complexity index is 6780. The van der Waals surface area contributed by atoms with Gasteiger partial charge >= 0.3 is 0 Å². The van der Waals surface area contributed by atoms with E-state index in [1.165, 1.54) is 44.5 Å². The fraction of sp³-hybridized carbons (Fsp3) is 0. The molecule has 21 aromatic rings. The lowest BCUT2D eigenvalue weighted by Crippen LogP contribution is -2.10. The summed E-state index contributed by atoms with van der Waals surface area (Å²) in [5, 5.41) is 6.37. The number of hydrogen-bond acceptors (Lipinski definition) is 4. The monoisotopic (exact) mass is 1460 g/mol. The van der Waals surface area contributed by atoms with Gasteiger partial charge in [-0.2, -0.15) is 0 Å². The van der Waals surface area contributed by atoms with Gasteiger partial charge in [-0.1, -0.05) is 273 Å². The summed E-state index contributed by atoms with van der Waals surface area (Å²) in [5.74, 6) is 0. The molecule has 0 atom stereocenters. The molecular formula is C108H73N5O. The number of nitrogens with zero attached hydrogens (tertiary/aromatic N) is 5. The molecule has 0 aliphatic rings. The highest BCUT2D eigenvalue weighted by Gasteiger charge is 2.26. The summed E-state index contributed by atoms with van der Waals surface area (Å²) in [5.41, 5.74) is 31.4. The summed E-state index contributed by atoms with van der Waals surface area (Å²) >= 11 is 0. The first-order valence-electron chi connectivity index (χ1n) is 38.9. The molecule has 18 aromatic carbocycles. The molecule has 0 bridgehead atoms. The Kier molecular flexibility index (Phi) is 16.8. The molecule has 0 N–H and O–H groups in total. The first-order chi connectivity index (χ1) is 56.5. The van der Waals surface area contributed by atoms with Crippen LogP contribution in [0.15, 0.2) is 447 Å². The molecule has 0 spiro atoms. The molecule has 0 saturated heterocycles. The Labute approximate surface area is 661 Å². The molecular weight excluding hydrogens is 1380 g/mol. The quantitative estimate of drug-likeness (QED) is 0.0910. The normalized spacial score (nSPS) is 11.5. The number of furan rings is 1. The highest BCUT2D eigenvalue weighted by molar-refractivity contribution is 6.29. The number of para-hydroxylation sites is 1. The van der Waals surface area contributed by atoms with E-state index in [1.54, 1.807) is 0 Å². The van der Waals surface area contributed by atoms with Gasteiger partial charge in [0.1, 0.15) is 11.2 Å². The molecule has 3 aromatic heterocycles. The molecule has 114 heavy (non-hydrogen) atoms. The van der Waals surface area contributed by atoms with Gasteiger partial charge in [0.15, 0.2) is 0 Å². The lowest BCUT2D eigenvalue weighted by molar-refractivity contribution is 0.677. The van der Waals surface area contributed by atoms with Crippen molar-refractivity contribution in [1.29, 1.82) is 0 Å². The molecule has 0 unspecified atom stereocenters. The average molecular weight is 1460 g/mol. The Morgan fingerprint density at radius 3 is 0.675 bits per heavy atom. The number of benzene rings is 18. The molecule has 0 amide bonds. The standard InChI is InChI=1S/C108H73N5O/c1-7-21-74(22-8-1)80-35-47-86(48-36-80)109(87-49-37-81(38-50-87)75-23-9-2-10-24-75)92-59-63-94(64-60-92)112-101-34-20-19-33-99(101)105-103(112)71-68-97-98-69-72-104-106(108(98)114-107(97)105)100-73-96(111(90-55-43-84(44-56-90)78-29-15-5-16-30-78)91-57-45-85(46-58-91)79-31-17-6-18-32-79)67-70-102(100)113(104)95-65-61-93(62-66-95)110(88-51-39-82(40-52-88)76-25-11-3-12-26-76)89-53-41-83(42-54-89)77-27-13-4-14-28-77/h1-73H. The maximum absolute atomic E-state index is 7.76. The van der Waals surface area contributed by atoms with E-state index in [1.807, 2.05) is 0 Å². The Morgan fingerprint density at radius 2 is 0.377 bits per heavy atom. The lowest BCUT2D eigenvalue weighted by atomic mass is 10.0. The minimum Gasteiger partial charge on any atom is -0.455 e. The summed E-state index contributed by atoms with van der Waals surface area (Å²) in [6, 6.07) is 160. The average Bonchev–Trinajstić information content (AvgIpc) is 1.54. The molecule has 6 nitrogen and oxygen atoms in total. The van der Waals surface area contributed by atoms with Gasteiger partial charge in [0.25, 0.3) is 0 Å². The zero-order valence-electron chi connectivity index (χ0n) is 62.3. The van der Waals surface area contributed by atoms with Crippen LogP contribution >= 0.6 is 0 Å². The predicted molar refractivity (Wildman–Crippen MR) is 479 cm³/mol. The van der Waals surface area contributed by atoms with Gasteiger partial charge in [-0.15, -0.1) is 0 Å². The van der Waals surface area contributed by atoms with Crippen LogP contribution in [0.2, 0.25) is 0 Å². The van der Waals surface area contributed by atoms with Crippen LogP contribution in [0.4, 0.5) is 51.2 Å². The summed E-state index contributed by atoms with van der Waals surface area (Å²) in [6.45, 7) is 0. The molecule has 0 fully saturated rings. The third-order valence-corrected chi connectivity index (χ3v) is 22.5. The van der Waals surface area contributed by atoms with E-state index in [-0.39, 0.29) is 0 Å². The molecule has 3 heterocycles. The van der Waals surface area contributed by atoms with Crippen molar-refractivity contribution < 1.29 is 4.42 Å². The van der Waals surface area contributed by atoms with E-state index >= 15 is 0 Å². The van der Waals surface area contributed by atoms with Gasteiger partial charge in [-0.25, -0.2) is 0 Å². The van der Waals surface area contributed by atoms with Crippen LogP contribution in [0.25, 0.3) is 144 Å². The minimum atomic E-state index is 0.831. The molecule has 21 rings (SSSR count). The second-order valence-corrected chi connectivity index (χ2v) is 29.2. The Hall–Kier alpha value is -15.2. The van der Waals surface area contributed by atoms with E-state index < -0.39 is 0 Å². The maximum Gasteiger partial charge on any atom is 0.145 e. The van der Waals surface area contributed by atoms with Crippen molar-refractivity contribution >= 4 is 117 Å². The van der Waals surface area contributed by atoms with E-state index in [4.69, 9.17) is 4.42 Å². The Morgan fingerprint density at radius 1 is 0.158 bits per heavy atom. The number of anilines is 9. The van der Waals surface area contributed by atoms with Gasteiger partial charge in [-0.05, 0) is 237 Å².